The number of carbonyl (C=O) groups excluding carboxylic acids is 1. The van der Waals surface area contributed by atoms with E-state index in [-0.39, 0.29) is 12.1 Å². The van der Waals surface area contributed by atoms with E-state index in [1.165, 1.54) is 19.3 Å². The Kier molecular flexibility index (Phi) is 4.68. The zero-order valence-corrected chi connectivity index (χ0v) is 17.6. The number of hydrogen-bond donors (Lipinski definition) is 2. The highest BCUT2D eigenvalue weighted by Crippen LogP contribution is 2.37. The molecule has 1 aromatic carbocycles. The first-order valence-electron chi connectivity index (χ1n) is 9.54. The van der Waals surface area contributed by atoms with Crippen LogP contribution in [0.4, 0.5) is 10.5 Å². The Morgan fingerprint density at radius 2 is 2.07 bits per heavy atom. The van der Waals surface area contributed by atoms with Crippen molar-refractivity contribution in [3.05, 3.63) is 45.3 Å². The first kappa shape index (κ1) is 17.9. The molecule has 3 aromatic rings. The topological polar surface area (TPSA) is 73.4 Å². The van der Waals surface area contributed by atoms with Gasteiger partial charge in [0.1, 0.15) is 11.9 Å². The number of rotatable bonds is 3. The van der Waals surface area contributed by atoms with Crippen molar-refractivity contribution in [2.24, 2.45) is 4.99 Å². The number of aromatic amines is 1. The summed E-state index contributed by atoms with van der Waals surface area (Å²) in [5.74, 6) is 0.760. The maximum atomic E-state index is 13.0. The molecule has 2 aliphatic rings. The van der Waals surface area contributed by atoms with Crippen LogP contribution in [0.2, 0.25) is 0 Å². The standard InChI is InChI=1S/C20H20BrN5OS/c21-12-8-17(28-10-12)18-19(24-13-4-2-1-3-5-13)25-20(27)26(18)14-6-7-15-16(9-14)23-11-22-15/h6-11,13,18H,1-5H2,(H,22,23)(H,24,25,27). The average Bonchev–Trinajstić information content (AvgIpc) is 3.40. The van der Waals surface area contributed by atoms with E-state index in [0.29, 0.717) is 6.04 Å². The molecule has 0 spiro atoms. The third-order valence-corrected chi connectivity index (χ3v) is 7.15. The van der Waals surface area contributed by atoms with Gasteiger partial charge >= 0.3 is 6.03 Å². The molecule has 8 heteroatoms. The number of aliphatic imine (C=N–C) groups is 1. The highest BCUT2D eigenvalue weighted by Gasteiger charge is 2.40. The van der Waals surface area contributed by atoms with E-state index in [4.69, 9.17) is 4.99 Å². The monoisotopic (exact) mass is 457 g/mol. The molecule has 6 nitrogen and oxygen atoms in total. The molecule has 0 radical (unpaired) electrons. The number of urea groups is 1. The molecule has 1 aliphatic heterocycles. The number of aromatic nitrogens is 2. The predicted octanol–water partition coefficient (Wildman–Crippen LogP) is 5.39. The summed E-state index contributed by atoms with van der Waals surface area (Å²) >= 11 is 5.19. The second-order valence-corrected chi connectivity index (χ2v) is 9.14. The number of amides is 2. The fourth-order valence-electron chi connectivity index (χ4n) is 4.06. The summed E-state index contributed by atoms with van der Waals surface area (Å²) in [7, 11) is 0. The van der Waals surface area contributed by atoms with Gasteiger partial charge in [-0.1, -0.05) is 19.3 Å². The van der Waals surface area contributed by atoms with Crippen molar-refractivity contribution in [2.75, 3.05) is 4.90 Å². The van der Waals surface area contributed by atoms with Gasteiger partial charge < -0.3 is 4.98 Å². The van der Waals surface area contributed by atoms with Crippen molar-refractivity contribution >= 4 is 55.9 Å². The summed E-state index contributed by atoms with van der Waals surface area (Å²) in [6, 6.07) is 7.86. The number of fused-ring (bicyclic) bond motifs is 1. The average molecular weight is 458 g/mol. The second-order valence-electron chi connectivity index (χ2n) is 7.28. The minimum Gasteiger partial charge on any atom is -0.345 e. The maximum absolute atomic E-state index is 13.0. The van der Waals surface area contributed by atoms with E-state index in [9.17, 15) is 4.79 Å². The summed E-state index contributed by atoms with van der Waals surface area (Å²) in [6.45, 7) is 0. The Bertz CT molecular complexity index is 1050. The number of benzene rings is 1. The van der Waals surface area contributed by atoms with Crippen molar-refractivity contribution < 1.29 is 4.79 Å². The van der Waals surface area contributed by atoms with E-state index in [1.54, 1.807) is 22.6 Å². The summed E-state index contributed by atoms with van der Waals surface area (Å²) in [6.07, 6.45) is 7.57. The van der Waals surface area contributed by atoms with Gasteiger partial charge in [-0.3, -0.25) is 15.2 Å². The number of halogens is 1. The third-order valence-electron chi connectivity index (χ3n) is 5.41. The number of anilines is 1. The molecule has 2 fully saturated rings. The Hall–Kier alpha value is -2.19. The van der Waals surface area contributed by atoms with E-state index in [2.05, 4.69) is 37.3 Å². The van der Waals surface area contributed by atoms with Crippen LogP contribution in [-0.2, 0) is 0 Å². The number of nitrogens with zero attached hydrogens (tertiary/aromatic N) is 3. The van der Waals surface area contributed by atoms with Crippen LogP contribution in [0.25, 0.3) is 11.0 Å². The SMILES string of the molecule is O=C1NC(=NC2CCCCC2)C(c2cc(Br)cs2)N1c1ccc2nc[nH]c2c1. The summed E-state index contributed by atoms with van der Waals surface area (Å²) in [4.78, 5) is 28.3. The molecular formula is C20H20BrN5OS. The lowest BCUT2D eigenvalue weighted by atomic mass is 9.96. The smallest absolute Gasteiger partial charge is 0.328 e. The maximum Gasteiger partial charge on any atom is 0.328 e. The zero-order chi connectivity index (χ0) is 19.1. The van der Waals surface area contributed by atoms with Crippen molar-refractivity contribution in [2.45, 2.75) is 44.2 Å². The lowest BCUT2D eigenvalue weighted by molar-refractivity contribution is 0.252. The zero-order valence-electron chi connectivity index (χ0n) is 15.2. The van der Waals surface area contributed by atoms with Crippen LogP contribution in [-0.4, -0.2) is 27.9 Å². The van der Waals surface area contributed by atoms with E-state index in [0.717, 1.165) is 44.7 Å². The van der Waals surface area contributed by atoms with Crippen molar-refractivity contribution in [3.63, 3.8) is 0 Å². The van der Waals surface area contributed by atoms with Crippen molar-refractivity contribution in [3.8, 4) is 0 Å². The van der Waals surface area contributed by atoms with Crippen molar-refractivity contribution in [1.29, 1.82) is 0 Å². The lowest BCUT2D eigenvalue weighted by Gasteiger charge is -2.23. The van der Waals surface area contributed by atoms with Gasteiger partial charge in [0.15, 0.2) is 0 Å². The summed E-state index contributed by atoms with van der Waals surface area (Å²) in [5, 5.41) is 5.10. The number of imidazole rings is 1. The van der Waals surface area contributed by atoms with Crippen LogP contribution in [0.15, 0.2) is 45.4 Å². The molecule has 1 saturated carbocycles. The van der Waals surface area contributed by atoms with Gasteiger partial charge in [0.2, 0.25) is 0 Å². The molecule has 1 unspecified atom stereocenters. The molecule has 1 aliphatic carbocycles. The third kappa shape index (κ3) is 3.24. The van der Waals surface area contributed by atoms with Gasteiger partial charge in [0, 0.05) is 20.4 Å². The Morgan fingerprint density at radius 1 is 1.21 bits per heavy atom. The first-order chi connectivity index (χ1) is 13.7. The number of amidine groups is 1. The Morgan fingerprint density at radius 3 is 2.86 bits per heavy atom. The molecular weight excluding hydrogens is 438 g/mol. The molecule has 3 heterocycles. The molecule has 0 bridgehead atoms. The first-order valence-corrected chi connectivity index (χ1v) is 11.2. The van der Waals surface area contributed by atoms with E-state index < -0.39 is 0 Å². The van der Waals surface area contributed by atoms with E-state index >= 15 is 0 Å². The summed E-state index contributed by atoms with van der Waals surface area (Å²) in [5.41, 5.74) is 2.63. The van der Waals surface area contributed by atoms with Crippen LogP contribution < -0.4 is 10.2 Å². The number of hydrogen-bond acceptors (Lipinski definition) is 4. The number of carbonyl (C=O) groups is 1. The molecule has 2 aromatic heterocycles. The number of H-pyrrole nitrogens is 1. The quantitative estimate of drug-likeness (QED) is 0.553. The molecule has 2 N–H and O–H groups in total. The van der Waals surface area contributed by atoms with Gasteiger partial charge in [-0.05, 0) is 53.0 Å². The Balaban J connectivity index is 1.57. The van der Waals surface area contributed by atoms with Crippen LogP contribution in [0.3, 0.4) is 0 Å². The molecule has 144 valence electrons. The minimum atomic E-state index is -0.230. The van der Waals surface area contributed by atoms with Crippen LogP contribution >= 0.6 is 27.3 Å². The van der Waals surface area contributed by atoms with Crippen LogP contribution in [0.5, 0.6) is 0 Å². The summed E-state index contributed by atoms with van der Waals surface area (Å²) < 4.78 is 1.02. The van der Waals surface area contributed by atoms with Crippen LogP contribution in [0.1, 0.15) is 43.0 Å². The molecule has 5 rings (SSSR count). The molecule has 1 saturated heterocycles. The predicted molar refractivity (Wildman–Crippen MR) is 116 cm³/mol. The highest BCUT2D eigenvalue weighted by molar-refractivity contribution is 9.10. The fourth-order valence-corrected chi connectivity index (χ4v) is 5.60. The molecule has 28 heavy (non-hydrogen) atoms. The molecule has 1 atom stereocenters. The van der Waals surface area contributed by atoms with Gasteiger partial charge in [-0.15, -0.1) is 11.3 Å². The van der Waals surface area contributed by atoms with Gasteiger partial charge in [-0.2, -0.15) is 0 Å². The molecule has 2 amide bonds. The lowest BCUT2D eigenvalue weighted by Crippen LogP contribution is -2.29. The minimum absolute atomic E-state index is 0.136. The normalized spacial score (nSPS) is 22.3. The van der Waals surface area contributed by atoms with Gasteiger partial charge in [0.05, 0.1) is 23.4 Å². The van der Waals surface area contributed by atoms with E-state index in [1.807, 2.05) is 23.6 Å². The number of thiophene rings is 1. The largest absolute Gasteiger partial charge is 0.345 e. The highest BCUT2D eigenvalue weighted by atomic mass is 79.9. The second kappa shape index (κ2) is 7.33. The van der Waals surface area contributed by atoms with Gasteiger partial charge in [-0.25, -0.2) is 9.78 Å². The van der Waals surface area contributed by atoms with Gasteiger partial charge in [0.25, 0.3) is 0 Å². The Labute approximate surface area is 175 Å². The number of nitrogens with one attached hydrogen (secondary N) is 2. The fraction of sp³-hybridized carbons (Fsp3) is 0.350. The van der Waals surface area contributed by atoms with Crippen LogP contribution in [0, 0.1) is 0 Å². The van der Waals surface area contributed by atoms with Crippen molar-refractivity contribution in [1.82, 2.24) is 15.3 Å².